The van der Waals surface area contributed by atoms with Crippen LogP contribution < -0.4 is 15.4 Å². The molecule has 2 amide bonds. The topological polar surface area (TPSA) is 98.1 Å². The van der Waals surface area contributed by atoms with Gasteiger partial charge >= 0.3 is 6.18 Å². The van der Waals surface area contributed by atoms with Gasteiger partial charge in [-0.2, -0.15) is 23.3 Å². The molecule has 11 heteroatoms. The van der Waals surface area contributed by atoms with Crippen molar-refractivity contribution in [2.24, 2.45) is 0 Å². The molecule has 1 aromatic heterocycles. The quantitative estimate of drug-likeness (QED) is 0.646. The minimum absolute atomic E-state index is 0.179. The lowest BCUT2D eigenvalue weighted by molar-refractivity contribution is -0.137. The lowest BCUT2D eigenvalue weighted by atomic mass is 10.0. The molecule has 0 saturated heterocycles. The zero-order valence-corrected chi connectivity index (χ0v) is 15.9. The van der Waals surface area contributed by atoms with Crippen LogP contribution in [0.3, 0.4) is 0 Å². The van der Waals surface area contributed by atoms with Crippen LogP contribution in [-0.2, 0) is 15.8 Å². The summed E-state index contributed by atoms with van der Waals surface area (Å²) in [5, 5.41) is 8.97. The summed E-state index contributed by atoms with van der Waals surface area (Å²) in [7, 11) is 0. The van der Waals surface area contributed by atoms with E-state index < -0.39 is 24.3 Å². The average molecular weight is 431 g/mol. The molecule has 160 valence electrons. The lowest BCUT2D eigenvalue weighted by Gasteiger charge is -2.23. The Balaban J connectivity index is 1.39. The molecule has 31 heavy (non-hydrogen) atoms. The highest BCUT2D eigenvalue weighted by atomic mass is 19.4. The molecule has 2 N–H and O–H groups in total. The summed E-state index contributed by atoms with van der Waals surface area (Å²) in [4.78, 5) is 27.9. The molecule has 0 unspecified atom stereocenters. The third kappa shape index (κ3) is 4.49. The Labute approximate surface area is 174 Å². The van der Waals surface area contributed by atoms with Crippen molar-refractivity contribution in [2.45, 2.75) is 18.6 Å². The average Bonchev–Trinajstić information content (AvgIpc) is 3.20. The number of aromatic nitrogens is 3. The molecule has 0 spiro atoms. The van der Waals surface area contributed by atoms with E-state index in [0.717, 1.165) is 11.6 Å². The van der Waals surface area contributed by atoms with Gasteiger partial charge in [0, 0.05) is 0 Å². The molecule has 0 fully saturated rings. The van der Waals surface area contributed by atoms with E-state index in [2.05, 4.69) is 20.7 Å². The lowest BCUT2D eigenvalue weighted by Crippen LogP contribution is -2.29. The Morgan fingerprint density at radius 2 is 1.94 bits per heavy atom. The van der Waals surface area contributed by atoms with Crippen molar-refractivity contribution in [3.63, 3.8) is 0 Å². The maximum atomic E-state index is 13.0. The Morgan fingerprint density at radius 1 is 1.19 bits per heavy atom. The molecular formula is C20H16F3N5O3. The van der Waals surface area contributed by atoms with Crippen molar-refractivity contribution in [1.29, 1.82) is 0 Å². The first kappa shape index (κ1) is 20.4. The number of fused-ring (bicyclic) bond motifs is 1. The number of para-hydroxylation sites is 1. The van der Waals surface area contributed by atoms with Gasteiger partial charge in [-0.1, -0.05) is 24.3 Å². The van der Waals surface area contributed by atoms with Crippen LogP contribution >= 0.6 is 0 Å². The number of alkyl halides is 3. The second-order valence-corrected chi connectivity index (χ2v) is 6.75. The van der Waals surface area contributed by atoms with Gasteiger partial charge in [-0.25, -0.2) is 4.68 Å². The highest BCUT2D eigenvalue weighted by Crippen LogP contribution is 2.34. The number of ether oxygens (including phenoxy) is 1. The molecule has 1 aliphatic rings. The van der Waals surface area contributed by atoms with Gasteiger partial charge < -0.3 is 10.1 Å². The third-order valence-corrected chi connectivity index (χ3v) is 4.64. The highest BCUT2D eigenvalue weighted by molar-refractivity contribution is 5.93. The molecule has 0 saturated carbocycles. The number of carbonyl (C=O) groups is 2. The summed E-state index contributed by atoms with van der Waals surface area (Å²) in [5.74, 6) is -0.196. The predicted octanol–water partition coefficient (Wildman–Crippen LogP) is 3.25. The van der Waals surface area contributed by atoms with Crippen molar-refractivity contribution in [3.8, 4) is 5.75 Å². The minimum Gasteiger partial charge on any atom is -0.484 e. The van der Waals surface area contributed by atoms with Gasteiger partial charge in [0.05, 0.1) is 23.7 Å². The highest BCUT2D eigenvalue weighted by Gasteiger charge is 2.33. The summed E-state index contributed by atoms with van der Waals surface area (Å²) >= 11 is 0. The van der Waals surface area contributed by atoms with Crippen molar-refractivity contribution in [2.75, 3.05) is 17.2 Å². The second kappa shape index (κ2) is 8.09. The Kier molecular flexibility index (Phi) is 5.32. The van der Waals surface area contributed by atoms with Crippen LogP contribution in [0.15, 0.2) is 54.9 Å². The normalized spacial score (nSPS) is 15.7. The Hall–Kier alpha value is -3.89. The third-order valence-electron chi connectivity index (χ3n) is 4.64. The van der Waals surface area contributed by atoms with Crippen LogP contribution in [0, 0.1) is 0 Å². The molecule has 1 aliphatic heterocycles. The molecule has 0 bridgehead atoms. The molecule has 0 radical (unpaired) electrons. The maximum Gasteiger partial charge on any atom is 0.418 e. The largest absolute Gasteiger partial charge is 0.484 e. The second-order valence-electron chi connectivity index (χ2n) is 6.75. The first-order chi connectivity index (χ1) is 14.8. The van der Waals surface area contributed by atoms with E-state index in [-0.39, 0.29) is 24.1 Å². The summed E-state index contributed by atoms with van der Waals surface area (Å²) in [5.41, 5.74) is -0.479. The van der Waals surface area contributed by atoms with E-state index >= 15 is 0 Å². The van der Waals surface area contributed by atoms with Crippen molar-refractivity contribution >= 4 is 23.5 Å². The fraction of sp³-hybridized carbons (Fsp3) is 0.200. The summed E-state index contributed by atoms with van der Waals surface area (Å²) in [6, 6.07) is 11.0. The van der Waals surface area contributed by atoms with E-state index in [9.17, 15) is 22.8 Å². The van der Waals surface area contributed by atoms with E-state index in [4.69, 9.17) is 4.74 Å². The van der Waals surface area contributed by atoms with Crippen LogP contribution in [0.5, 0.6) is 5.75 Å². The number of amides is 2. The van der Waals surface area contributed by atoms with E-state index in [1.807, 2.05) is 0 Å². The molecule has 1 atom stereocenters. The smallest absolute Gasteiger partial charge is 0.418 e. The number of nitrogens with zero attached hydrogens (tertiary/aromatic N) is 3. The van der Waals surface area contributed by atoms with Crippen molar-refractivity contribution in [3.05, 3.63) is 66.0 Å². The van der Waals surface area contributed by atoms with E-state index in [1.165, 1.54) is 24.5 Å². The number of carbonyl (C=O) groups excluding carboxylic acids is 2. The van der Waals surface area contributed by atoms with E-state index in [1.54, 1.807) is 28.9 Å². The van der Waals surface area contributed by atoms with Crippen molar-refractivity contribution < 1.29 is 27.5 Å². The van der Waals surface area contributed by atoms with Gasteiger partial charge in [0.1, 0.15) is 12.1 Å². The first-order valence-corrected chi connectivity index (χ1v) is 9.19. The number of hydrogen-bond donors (Lipinski definition) is 2. The van der Waals surface area contributed by atoms with Crippen LogP contribution in [-0.4, -0.2) is 33.2 Å². The molecule has 3 aromatic rings. The molecule has 0 aliphatic carbocycles. The number of benzene rings is 2. The van der Waals surface area contributed by atoms with E-state index in [0.29, 0.717) is 11.7 Å². The molecule has 8 nitrogen and oxygen atoms in total. The molecule has 2 aromatic carbocycles. The minimum atomic E-state index is -4.58. The fourth-order valence-corrected chi connectivity index (χ4v) is 3.23. The summed E-state index contributed by atoms with van der Waals surface area (Å²) in [6.45, 7) is -0.468. The van der Waals surface area contributed by atoms with Crippen LogP contribution in [0.4, 0.5) is 24.8 Å². The number of rotatable bonds is 5. The number of hydrogen-bond acceptors (Lipinski definition) is 5. The summed E-state index contributed by atoms with van der Waals surface area (Å²) in [6.07, 6.45) is -3.04. The number of anilines is 2. The van der Waals surface area contributed by atoms with Crippen LogP contribution in [0.2, 0.25) is 0 Å². The molecule has 2 heterocycles. The van der Waals surface area contributed by atoms with Gasteiger partial charge in [-0.15, -0.1) is 0 Å². The SMILES string of the molecule is O=C(COc1ccc([C@H]2CC(=O)Nc3ncnn32)cc1)Nc1ccccc1C(F)(F)F. The summed E-state index contributed by atoms with van der Waals surface area (Å²) < 4.78 is 46.0. The Bertz CT molecular complexity index is 1110. The number of nitrogens with one attached hydrogen (secondary N) is 2. The van der Waals surface area contributed by atoms with Gasteiger partial charge in [-0.3, -0.25) is 14.9 Å². The van der Waals surface area contributed by atoms with Gasteiger partial charge in [0.15, 0.2) is 6.61 Å². The molecule has 4 rings (SSSR count). The Morgan fingerprint density at radius 3 is 2.68 bits per heavy atom. The van der Waals surface area contributed by atoms with Gasteiger partial charge in [0.25, 0.3) is 5.91 Å². The van der Waals surface area contributed by atoms with Gasteiger partial charge in [0.2, 0.25) is 11.9 Å². The maximum absolute atomic E-state index is 13.0. The van der Waals surface area contributed by atoms with Crippen LogP contribution in [0.25, 0.3) is 0 Å². The van der Waals surface area contributed by atoms with Gasteiger partial charge in [-0.05, 0) is 29.8 Å². The van der Waals surface area contributed by atoms with Crippen molar-refractivity contribution in [1.82, 2.24) is 14.8 Å². The molecular weight excluding hydrogens is 415 g/mol. The first-order valence-electron chi connectivity index (χ1n) is 9.19. The zero-order chi connectivity index (χ0) is 22.0. The van der Waals surface area contributed by atoms with Crippen LogP contribution in [0.1, 0.15) is 23.6 Å². The number of halogens is 3. The predicted molar refractivity (Wildman–Crippen MR) is 103 cm³/mol. The standard InChI is InChI=1S/C20H16F3N5O3/c21-20(22,23)14-3-1-2-4-15(14)26-18(30)10-31-13-7-5-12(6-8-13)16-9-17(29)27-19-24-11-25-28(16)19/h1-8,11,16H,9-10H2,(H,26,30)(H,24,25,27,29)/t16-/m1/s1. The fourth-order valence-electron chi connectivity index (χ4n) is 3.23. The zero-order valence-electron chi connectivity index (χ0n) is 15.9. The monoisotopic (exact) mass is 431 g/mol.